The first kappa shape index (κ1) is 22.9. The first-order chi connectivity index (χ1) is 15.8. The third-order valence-electron chi connectivity index (χ3n) is 6.06. The van der Waals surface area contributed by atoms with Crippen molar-refractivity contribution in [3.63, 3.8) is 0 Å². The number of hydrogen-bond donors (Lipinski definition) is 1. The monoisotopic (exact) mass is 452 g/mol. The minimum atomic E-state index is -0.707. The molecule has 33 heavy (non-hydrogen) atoms. The Morgan fingerprint density at radius 3 is 2.42 bits per heavy atom. The molecule has 0 spiro atoms. The molecule has 1 atom stereocenters. The maximum atomic E-state index is 13.3. The lowest BCUT2D eigenvalue weighted by molar-refractivity contribution is -0.134. The Bertz CT molecular complexity index is 1040. The lowest BCUT2D eigenvalue weighted by Crippen LogP contribution is -2.46. The van der Waals surface area contributed by atoms with E-state index >= 15 is 0 Å². The molecule has 3 amide bonds. The van der Waals surface area contributed by atoms with Gasteiger partial charge in [-0.1, -0.05) is 30.3 Å². The van der Waals surface area contributed by atoms with Crippen LogP contribution in [0.3, 0.4) is 0 Å². The van der Waals surface area contributed by atoms with Gasteiger partial charge < -0.3 is 20.0 Å². The molecule has 2 aliphatic rings. The van der Waals surface area contributed by atoms with Crippen molar-refractivity contribution in [1.82, 2.24) is 20.0 Å². The quantitative estimate of drug-likeness (QED) is 0.633. The minimum Gasteiger partial charge on any atom is -0.345 e. The molecule has 1 N–H and O–H groups in total. The largest absolute Gasteiger partial charge is 0.345 e. The first-order valence-electron chi connectivity index (χ1n) is 11.2. The molecule has 2 aromatic carbocycles. The molecule has 8 heteroatoms. The third-order valence-corrected chi connectivity index (χ3v) is 6.06. The van der Waals surface area contributed by atoms with E-state index in [9.17, 15) is 18.8 Å². The fourth-order valence-electron chi connectivity index (χ4n) is 4.13. The average Bonchev–Trinajstić information content (AvgIpc) is 3.60. The van der Waals surface area contributed by atoms with Crippen molar-refractivity contribution in [2.24, 2.45) is 0 Å². The van der Waals surface area contributed by atoms with Crippen molar-refractivity contribution < 1.29 is 18.8 Å². The highest BCUT2D eigenvalue weighted by molar-refractivity contribution is 6.05. The van der Waals surface area contributed by atoms with Crippen molar-refractivity contribution in [1.29, 1.82) is 0 Å². The summed E-state index contributed by atoms with van der Waals surface area (Å²) in [6.45, 7) is 1.28. The first-order valence-corrected chi connectivity index (χ1v) is 11.2. The van der Waals surface area contributed by atoms with Crippen molar-refractivity contribution in [3.05, 3.63) is 71.0 Å². The Kier molecular flexibility index (Phi) is 6.74. The van der Waals surface area contributed by atoms with Gasteiger partial charge in [0.25, 0.3) is 5.91 Å². The number of benzene rings is 2. The van der Waals surface area contributed by atoms with E-state index in [1.165, 1.54) is 12.1 Å². The molecule has 0 radical (unpaired) electrons. The SMILES string of the molecule is CN(C)CCN(Cc1ccc(F)cc1)C(=O)CNC(=O)C1c2ccccc2C(=O)N1C1CC1. The van der Waals surface area contributed by atoms with Crippen LogP contribution in [-0.2, 0) is 16.1 Å². The predicted octanol–water partition coefficient (Wildman–Crippen LogP) is 2.19. The Hall–Kier alpha value is -3.26. The number of nitrogens with zero attached hydrogens (tertiary/aromatic N) is 3. The van der Waals surface area contributed by atoms with Gasteiger partial charge in [-0.2, -0.15) is 0 Å². The Labute approximate surface area is 193 Å². The Morgan fingerprint density at radius 2 is 1.76 bits per heavy atom. The molecule has 1 heterocycles. The van der Waals surface area contributed by atoms with Crippen LogP contribution in [0.15, 0.2) is 48.5 Å². The van der Waals surface area contributed by atoms with Crippen LogP contribution in [0.1, 0.15) is 40.4 Å². The summed E-state index contributed by atoms with van der Waals surface area (Å²) in [6.07, 6.45) is 1.77. The number of amides is 3. The summed E-state index contributed by atoms with van der Waals surface area (Å²) in [5, 5.41) is 2.76. The lowest BCUT2D eigenvalue weighted by Gasteiger charge is -2.27. The molecule has 1 fully saturated rings. The molecular weight excluding hydrogens is 423 g/mol. The van der Waals surface area contributed by atoms with Gasteiger partial charge in [0.15, 0.2) is 0 Å². The van der Waals surface area contributed by atoms with E-state index in [2.05, 4.69) is 5.32 Å². The highest BCUT2D eigenvalue weighted by Crippen LogP contribution is 2.41. The molecule has 1 aliphatic carbocycles. The number of halogens is 1. The van der Waals surface area contributed by atoms with Crippen LogP contribution in [0.4, 0.5) is 4.39 Å². The number of carbonyl (C=O) groups excluding carboxylic acids is 3. The fourth-order valence-corrected chi connectivity index (χ4v) is 4.13. The van der Waals surface area contributed by atoms with Gasteiger partial charge in [-0.15, -0.1) is 0 Å². The number of likely N-dealkylation sites (N-methyl/N-ethyl adjacent to an activating group) is 1. The molecule has 1 unspecified atom stereocenters. The Morgan fingerprint density at radius 1 is 1.06 bits per heavy atom. The summed E-state index contributed by atoms with van der Waals surface area (Å²) in [5.41, 5.74) is 2.06. The lowest BCUT2D eigenvalue weighted by atomic mass is 10.0. The van der Waals surface area contributed by atoms with Gasteiger partial charge in [0.2, 0.25) is 11.8 Å². The zero-order valence-electron chi connectivity index (χ0n) is 19.0. The molecule has 0 aromatic heterocycles. The van der Waals surface area contributed by atoms with E-state index < -0.39 is 6.04 Å². The minimum absolute atomic E-state index is 0.0754. The maximum Gasteiger partial charge on any atom is 0.255 e. The van der Waals surface area contributed by atoms with E-state index in [4.69, 9.17) is 0 Å². The van der Waals surface area contributed by atoms with Crippen LogP contribution in [-0.4, -0.2) is 72.2 Å². The van der Waals surface area contributed by atoms with Crippen molar-refractivity contribution in [2.45, 2.75) is 31.5 Å². The molecule has 1 aliphatic heterocycles. The van der Waals surface area contributed by atoms with Gasteiger partial charge in [-0.3, -0.25) is 14.4 Å². The molecule has 1 saturated carbocycles. The topological polar surface area (TPSA) is 73.0 Å². The van der Waals surface area contributed by atoms with Crippen LogP contribution < -0.4 is 5.32 Å². The number of fused-ring (bicyclic) bond motifs is 1. The van der Waals surface area contributed by atoms with Crippen molar-refractivity contribution in [2.75, 3.05) is 33.7 Å². The van der Waals surface area contributed by atoms with Gasteiger partial charge in [0, 0.05) is 31.2 Å². The van der Waals surface area contributed by atoms with Gasteiger partial charge in [0.05, 0.1) is 6.54 Å². The zero-order chi connectivity index (χ0) is 23.5. The summed E-state index contributed by atoms with van der Waals surface area (Å²) in [5.74, 6) is -1.03. The molecule has 0 bridgehead atoms. The Balaban J connectivity index is 1.44. The second-order valence-corrected chi connectivity index (χ2v) is 8.90. The van der Waals surface area contributed by atoms with Crippen LogP contribution in [0.2, 0.25) is 0 Å². The standard InChI is InChI=1S/C25H29FN4O3/c1-28(2)13-14-29(16-17-7-9-18(26)10-8-17)22(31)15-27-24(32)23-20-5-3-4-6-21(20)25(33)30(23)19-11-12-19/h3-10,19,23H,11-16H2,1-2H3,(H,27,32). The van der Waals surface area contributed by atoms with E-state index in [0.29, 0.717) is 30.8 Å². The molecule has 7 nitrogen and oxygen atoms in total. The second-order valence-electron chi connectivity index (χ2n) is 8.90. The average molecular weight is 453 g/mol. The maximum absolute atomic E-state index is 13.3. The number of hydrogen-bond acceptors (Lipinski definition) is 4. The van der Waals surface area contributed by atoms with Crippen LogP contribution in [0.5, 0.6) is 0 Å². The van der Waals surface area contributed by atoms with Gasteiger partial charge in [-0.25, -0.2) is 4.39 Å². The van der Waals surface area contributed by atoms with Crippen molar-refractivity contribution in [3.8, 4) is 0 Å². The number of rotatable bonds is 9. The van der Waals surface area contributed by atoms with Gasteiger partial charge in [-0.05, 0) is 56.3 Å². The number of carbonyl (C=O) groups is 3. The molecule has 2 aromatic rings. The van der Waals surface area contributed by atoms with Crippen LogP contribution in [0.25, 0.3) is 0 Å². The second kappa shape index (κ2) is 9.70. The van der Waals surface area contributed by atoms with E-state index in [1.807, 2.05) is 25.1 Å². The van der Waals surface area contributed by atoms with Crippen LogP contribution in [0, 0.1) is 5.82 Å². The summed E-state index contributed by atoms with van der Waals surface area (Å²) in [4.78, 5) is 44.3. The summed E-state index contributed by atoms with van der Waals surface area (Å²) >= 11 is 0. The highest BCUT2D eigenvalue weighted by atomic mass is 19.1. The third kappa shape index (κ3) is 5.22. The van der Waals surface area contributed by atoms with Gasteiger partial charge >= 0.3 is 0 Å². The summed E-state index contributed by atoms with van der Waals surface area (Å²) < 4.78 is 13.3. The normalized spacial score (nSPS) is 17.3. The van der Waals surface area contributed by atoms with Crippen molar-refractivity contribution >= 4 is 17.7 Å². The van der Waals surface area contributed by atoms with E-state index in [0.717, 1.165) is 18.4 Å². The zero-order valence-corrected chi connectivity index (χ0v) is 19.0. The van der Waals surface area contributed by atoms with E-state index in [1.54, 1.807) is 40.1 Å². The van der Waals surface area contributed by atoms with E-state index in [-0.39, 0.29) is 36.1 Å². The molecule has 4 rings (SSSR count). The summed E-state index contributed by atoms with van der Waals surface area (Å²) in [6, 6.07) is 12.6. The molecule has 174 valence electrons. The smallest absolute Gasteiger partial charge is 0.255 e. The molecular formula is C25H29FN4O3. The molecule has 0 saturated heterocycles. The number of nitrogens with one attached hydrogen (secondary N) is 1. The van der Waals surface area contributed by atoms with Gasteiger partial charge in [0.1, 0.15) is 11.9 Å². The summed E-state index contributed by atoms with van der Waals surface area (Å²) in [7, 11) is 3.84. The van der Waals surface area contributed by atoms with Crippen LogP contribution >= 0.6 is 0 Å². The highest BCUT2D eigenvalue weighted by Gasteiger charge is 2.47. The fraction of sp³-hybridized carbons (Fsp3) is 0.400. The predicted molar refractivity (Wildman–Crippen MR) is 122 cm³/mol.